The fourth-order valence-electron chi connectivity index (χ4n) is 3.45. The van der Waals surface area contributed by atoms with Crippen LogP contribution >= 0.6 is 11.6 Å². The quantitative estimate of drug-likeness (QED) is 0.322. The molecule has 0 spiro atoms. The molecule has 3 aromatic rings. The van der Waals surface area contributed by atoms with Gasteiger partial charge in [0.05, 0.1) is 23.4 Å². The normalized spacial score (nSPS) is 13.1. The third-order valence-corrected chi connectivity index (χ3v) is 5.78. The lowest BCUT2D eigenvalue weighted by Crippen LogP contribution is -2.29. The van der Waals surface area contributed by atoms with E-state index < -0.39 is 64.1 Å². The van der Waals surface area contributed by atoms with Crippen molar-refractivity contribution in [2.75, 3.05) is 5.32 Å². The molecule has 206 valence electrons. The van der Waals surface area contributed by atoms with Gasteiger partial charge in [-0.25, -0.2) is 4.98 Å². The van der Waals surface area contributed by atoms with Crippen LogP contribution in [0.25, 0.3) is 0 Å². The van der Waals surface area contributed by atoms with Crippen molar-refractivity contribution in [2.24, 2.45) is 0 Å². The average molecular weight is 572 g/mol. The van der Waals surface area contributed by atoms with E-state index in [-0.39, 0.29) is 23.6 Å². The van der Waals surface area contributed by atoms with Crippen molar-refractivity contribution in [3.05, 3.63) is 85.8 Å². The van der Waals surface area contributed by atoms with Gasteiger partial charge in [0.2, 0.25) is 5.95 Å². The molecule has 0 atom stereocenters. The van der Waals surface area contributed by atoms with Gasteiger partial charge in [0, 0.05) is 0 Å². The van der Waals surface area contributed by atoms with Gasteiger partial charge in [-0.3, -0.25) is 9.36 Å². The first-order valence-corrected chi connectivity index (χ1v) is 11.1. The molecule has 0 saturated heterocycles. The number of nitrogens with zero attached hydrogens (tertiary/aromatic N) is 2. The minimum atomic E-state index is -5.29. The molecule has 1 heterocycles. The maximum atomic E-state index is 13.6. The first kappa shape index (κ1) is 29.3. The van der Waals surface area contributed by atoms with Crippen LogP contribution in [0.15, 0.2) is 47.3 Å². The molecule has 1 aromatic heterocycles. The fraction of sp³-hybridized carbons (Fsp3) is 0.333. The second-order valence-corrected chi connectivity index (χ2v) is 9.69. The highest BCUT2D eigenvalue weighted by molar-refractivity contribution is 6.31. The molecule has 0 aliphatic rings. The zero-order valence-corrected chi connectivity index (χ0v) is 20.6. The molecule has 4 nitrogen and oxygen atoms in total. The number of rotatable bonds is 4. The van der Waals surface area contributed by atoms with Gasteiger partial charge in [-0.15, -0.1) is 0 Å². The summed E-state index contributed by atoms with van der Waals surface area (Å²) in [5.74, 6) is -1.09. The minimum absolute atomic E-state index is 0.0688. The van der Waals surface area contributed by atoms with Gasteiger partial charge in [0.15, 0.2) is 5.69 Å². The van der Waals surface area contributed by atoms with Crippen LogP contribution in [-0.2, 0) is 30.5 Å². The third kappa shape index (κ3) is 6.43. The van der Waals surface area contributed by atoms with E-state index in [1.54, 1.807) is 12.1 Å². The van der Waals surface area contributed by atoms with Crippen LogP contribution in [0.1, 0.15) is 48.7 Å². The maximum absolute atomic E-state index is 13.6. The number of aromatic nitrogens is 2. The van der Waals surface area contributed by atoms with Crippen LogP contribution in [0.5, 0.6) is 0 Å². The van der Waals surface area contributed by atoms with Crippen molar-refractivity contribution in [2.45, 2.75) is 51.3 Å². The highest BCUT2D eigenvalue weighted by atomic mass is 35.5. The zero-order valence-electron chi connectivity index (χ0n) is 19.8. The standard InChI is InChI=1S/C24H19ClF9N3O/c1-21(2,3)13-6-4-12(5-7-13)11-37-19(38)17(25)18(24(32,33)34)36-20(37)35-16-10-14(22(26,27)28)8-9-15(16)23(29,30)31/h4-10H,11H2,1-3H3,(H,35,36). The van der Waals surface area contributed by atoms with Gasteiger partial charge in [-0.1, -0.05) is 56.6 Å². The summed E-state index contributed by atoms with van der Waals surface area (Å²) in [7, 11) is 0. The monoisotopic (exact) mass is 571 g/mol. The van der Waals surface area contributed by atoms with Crippen LogP contribution < -0.4 is 10.9 Å². The number of halogens is 10. The second-order valence-electron chi connectivity index (χ2n) is 9.31. The number of benzene rings is 2. The molecule has 0 aliphatic heterocycles. The van der Waals surface area contributed by atoms with Crippen molar-refractivity contribution in [3.63, 3.8) is 0 Å². The van der Waals surface area contributed by atoms with E-state index >= 15 is 0 Å². The van der Waals surface area contributed by atoms with Gasteiger partial charge in [0.25, 0.3) is 5.56 Å². The van der Waals surface area contributed by atoms with Gasteiger partial charge < -0.3 is 5.32 Å². The van der Waals surface area contributed by atoms with Crippen molar-refractivity contribution >= 4 is 23.2 Å². The van der Waals surface area contributed by atoms with E-state index in [1.807, 2.05) is 26.1 Å². The van der Waals surface area contributed by atoms with E-state index in [2.05, 4.69) is 4.98 Å². The largest absolute Gasteiger partial charge is 0.435 e. The van der Waals surface area contributed by atoms with Crippen molar-refractivity contribution in [1.29, 1.82) is 0 Å². The SMILES string of the molecule is CC(C)(C)c1ccc(Cn2c(Nc3cc(C(F)(F)F)ccc3C(F)(F)F)nc(C(F)(F)F)c(Cl)c2=O)cc1. The molecule has 3 rings (SSSR count). The number of anilines is 2. The van der Waals surface area contributed by atoms with Crippen LogP contribution in [-0.4, -0.2) is 9.55 Å². The summed E-state index contributed by atoms with van der Waals surface area (Å²) in [6.07, 6.45) is -15.6. The number of hydrogen-bond acceptors (Lipinski definition) is 3. The van der Waals surface area contributed by atoms with E-state index in [4.69, 9.17) is 11.6 Å². The Bertz CT molecular complexity index is 1380. The summed E-state index contributed by atoms with van der Waals surface area (Å²) in [6, 6.07) is 6.80. The van der Waals surface area contributed by atoms with Crippen molar-refractivity contribution in [3.8, 4) is 0 Å². The fourth-order valence-corrected chi connectivity index (χ4v) is 3.70. The summed E-state index contributed by atoms with van der Waals surface area (Å²) in [4.78, 5) is 16.0. The van der Waals surface area contributed by atoms with Gasteiger partial charge in [0.1, 0.15) is 5.02 Å². The van der Waals surface area contributed by atoms with Crippen molar-refractivity contribution < 1.29 is 39.5 Å². The van der Waals surface area contributed by atoms with Gasteiger partial charge in [-0.2, -0.15) is 39.5 Å². The lowest BCUT2D eigenvalue weighted by atomic mass is 9.87. The minimum Gasteiger partial charge on any atom is -0.325 e. The lowest BCUT2D eigenvalue weighted by molar-refractivity contribution is -0.141. The Morgan fingerprint density at radius 1 is 0.816 bits per heavy atom. The Morgan fingerprint density at radius 3 is 1.84 bits per heavy atom. The topological polar surface area (TPSA) is 46.9 Å². The van der Waals surface area contributed by atoms with Crippen LogP contribution in [0.3, 0.4) is 0 Å². The maximum Gasteiger partial charge on any atom is 0.435 e. The molecule has 1 N–H and O–H groups in total. The Kier molecular flexibility index (Phi) is 7.59. The summed E-state index contributed by atoms with van der Waals surface area (Å²) < 4.78 is 121. The van der Waals surface area contributed by atoms with Crippen LogP contribution in [0, 0.1) is 0 Å². The smallest absolute Gasteiger partial charge is 0.325 e. The van der Waals surface area contributed by atoms with E-state index in [1.165, 1.54) is 12.1 Å². The highest BCUT2D eigenvalue weighted by Gasteiger charge is 2.40. The summed E-state index contributed by atoms with van der Waals surface area (Å²) in [5, 5.41) is 0.517. The van der Waals surface area contributed by atoms with Gasteiger partial charge in [-0.05, 0) is 34.7 Å². The predicted molar refractivity (Wildman–Crippen MR) is 122 cm³/mol. The van der Waals surface area contributed by atoms with Crippen molar-refractivity contribution in [1.82, 2.24) is 9.55 Å². The number of alkyl halides is 9. The third-order valence-electron chi connectivity index (χ3n) is 5.44. The van der Waals surface area contributed by atoms with Gasteiger partial charge >= 0.3 is 18.5 Å². The van der Waals surface area contributed by atoms with Crippen LogP contribution in [0.4, 0.5) is 51.1 Å². The Balaban J connectivity index is 2.23. The predicted octanol–water partition coefficient (Wildman–Crippen LogP) is 8.04. The second kappa shape index (κ2) is 9.83. The van der Waals surface area contributed by atoms with E-state index in [9.17, 15) is 44.3 Å². The van der Waals surface area contributed by atoms with Crippen LogP contribution in [0.2, 0.25) is 5.02 Å². The summed E-state index contributed by atoms with van der Waals surface area (Å²) in [6.45, 7) is 5.25. The molecular weight excluding hydrogens is 553 g/mol. The molecule has 0 unspecified atom stereocenters. The average Bonchev–Trinajstić information content (AvgIpc) is 2.76. The molecule has 0 amide bonds. The summed E-state index contributed by atoms with van der Waals surface area (Å²) in [5.41, 5.74) is -6.82. The molecule has 2 aromatic carbocycles. The molecule has 0 bridgehead atoms. The molecule has 0 radical (unpaired) electrons. The number of nitrogens with one attached hydrogen (secondary N) is 1. The Morgan fingerprint density at radius 2 is 1.37 bits per heavy atom. The lowest BCUT2D eigenvalue weighted by Gasteiger charge is -2.21. The molecule has 0 fully saturated rings. The zero-order chi connectivity index (χ0) is 28.8. The first-order chi connectivity index (χ1) is 17.2. The Hall–Kier alpha value is -3.22. The Labute approximate surface area is 215 Å². The molecule has 0 aliphatic carbocycles. The summed E-state index contributed by atoms with van der Waals surface area (Å²) >= 11 is 5.63. The highest BCUT2D eigenvalue weighted by Crippen LogP contribution is 2.40. The molecular formula is C24H19ClF9N3O. The molecule has 38 heavy (non-hydrogen) atoms. The number of hydrogen-bond donors (Lipinski definition) is 1. The first-order valence-electron chi connectivity index (χ1n) is 10.7. The van der Waals surface area contributed by atoms with E-state index in [0.29, 0.717) is 10.1 Å². The molecule has 0 saturated carbocycles. The molecule has 14 heteroatoms. The van der Waals surface area contributed by atoms with E-state index in [0.717, 1.165) is 5.56 Å².